The molecule has 0 spiro atoms. The fourth-order valence-electron chi connectivity index (χ4n) is 6.60. The molecule has 1 fully saturated rings. The number of phosphoric ester groups is 1. The van der Waals surface area contributed by atoms with Crippen molar-refractivity contribution >= 4 is 19.8 Å². The summed E-state index contributed by atoms with van der Waals surface area (Å²) in [5.74, 6) is -1.15. The SMILES string of the molecule is CCCCCCCCCCCCC/C=C/CCC(=O)OC[C@H](COP(=O)(O)OC1C(O)C(O)C(O)[C@@H](O)C1O)OC(=O)CCCCCCCCCCCCC. The van der Waals surface area contributed by atoms with Crippen LogP contribution in [0.15, 0.2) is 12.2 Å². The van der Waals surface area contributed by atoms with Gasteiger partial charge < -0.3 is 39.9 Å². The fraction of sp³-hybridized carbons (Fsp3) is 0.902. The predicted molar refractivity (Wildman–Crippen MR) is 212 cm³/mol. The summed E-state index contributed by atoms with van der Waals surface area (Å²) in [6.45, 7) is 3.24. The second-order valence-electron chi connectivity index (χ2n) is 15.2. The Hall–Kier alpha value is -1.41. The van der Waals surface area contributed by atoms with Crippen LogP contribution in [0.2, 0.25) is 0 Å². The molecule has 0 aromatic carbocycles. The van der Waals surface area contributed by atoms with E-state index < -0.39 is 75.7 Å². The van der Waals surface area contributed by atoms with Crippen molar-refractivity contribution in [2.24, 2.45) is 0 Å². The molecule has 14 heteroatoms. The fourth-order valence-corrected chi connectivity index (χ4v) is 7.57. The molecular formula is C41H77O13P. The number of rotatable bonds is 35. The van der Waals surface area contributed by atoms with Crippen LogP contribution in [0.4, 0.5) is 0 Å². The van der Waals surface area contributed by atoms with Gasteiger partial charge in [0.15, 0.2) is 6.10 Å². The molecule has 324 valence electrons. The van der Waals surface area contributed by atoms with E-state index in [1.54, 1.807) is 0 Å². The topological polar surface area (TPSA) is 210 Å². The van der Waals surface area contributed by atoms with Gasteiger partial charge in [0.1, 0.15) is 43.2 Å². The zero-order valence-electron chi connectivity index (χ0n) is 34.0. The Balaban J connectivity index is 2.50. The first kappa shape index (κ1) is 51.6. The number of aliphatic hydroxyl groups is 5. The Bertz CT molecular complexity index is 1030. The van der Waals surface area contributed by atoms with Crippen LogP contribution in [0.3, 0.4) is 0 Å². The molecular weight excluding hydrogens is 731 g/mol. The first-order valence-corrected chi connectivity index (χ1v) is 23.0. The third kappa shape index (κ3) is 25.5. The number of ether oxygens (including phenoxy) is 2. The third-order valence-corrected chi connectivity index (χ3v) is 11.1. The number of hydrogen-bond acceptors (Lipinski definition) is 12. The molecule has 0 radical (unpaired) electrons. The van der Waals surface area contributed by atoms with Gasteiger partial charge in [-0.1, -0.05) is 154 Å². The summed E-state index contributed by atoms with van der Waals surface area (Å²) in [5.41, 5.74) is 0. The highest BCUT2D eigenvalue weighted by molar-refractivity contribution is 7.47. The summed E-state index contributed by atoms with van der Waals surface area (Å²) >= 11 is 0. The van der Waals surface area contributed by atoms with Gasteiger partial charge in [0.05, 0.1) is 6.61 Å². The Labute approximate surface area is 331 Å². The van der Waals surface area contributed by atoms with Crippen molar-refractivity contribution in [1.82, 2.24) is 0 Å². The highest BCUT2D eigenvalue weighted by Gasteiger charge is 2.51. The van der Waals surface area contributed by atoms with Crippen molar-refractivity contribution in [2.75, 3.05) is 13.2 Å². The van der Waals surface area contributed by atoms with Gasteiger partial charge in [-0.25, -0.2) is 4.57 Å². The van der Waals surface area contributed by atoms with E-state index in [0.717, 1.165) is 38.5 Å². The van der Waals surface area contributed by atoms with Gasteiger partial charge in [-0.2, -0.15) is 0 Å². The van der Waals surface area contributed by atoms with E-state index in [9.17, 15) is 44.6 Å². The highest BCUT2D eigenvalue weighted by atomic mass is 31.2. The van der Waals surface area contributed by atoms with E-state index in [0.29, 0.717) is 12.8 Å². The van der Waals surface area contributed by atoms with Crippen molar-refractivity contribution in [2.45, 2.75) is 224 Å². The molecule has 0 aromatic heterocycles. The zero-order chi connectivity index (χ0) is 40.7. The lowest BCUT2D eigenvalue weighted by molar-refractivity contribution is -0.220. The average Bonchev–Trinajstić information content (AvgIpc) is 3.16. The lowest BCUT2D eigenvalue weighted by Crippen LogP contribution is -2.64. The van der Waals surface area contributed by atoms with Gasteiger partial charge in [0, 0.05) is 12.8 Å². The van der Waals surface area contributed by atoms with Crippen LogP contribution in [0, 0.1) is 0 Å². The summed E-state index contributed by atoms with van der Waals surface area (Å²) in [6, 6.07) is 0. The number of phosphoric acid groups is 1. The molecule has 13 nitrogen and oxygen atoms in total. The molecule has 1 aliphatic carbocycles. The normalized spacial score (nSPS) is 23.1. The van der Waals surface area contributed by atoms with E-state index >= 15 is 0 Å². The van der Waals surface area contributed by atoms with Gasteiger partial charge >= 0.3 is 19.8 Å². The van der Waals surface area contributed by atoms with Crippen LogP contribution < -0.4 is 0 Å². The first-order valence-electron chi connectivity index (χ1n) is 21.5. The van der Waals surface area contributed by atoms with E-state index in [1.165, 1.54) is 103 Å². The van der Waals surface area contributed by atoms with E-state index in [1.807, 2.05) is 6.08 Å². The summed E-state index contributed by atoms with van der Waals surface area (Å²) in [7, 11) is -5.11. The highest BCUT2D eigenvalue weighted by Crippen LogP contribution is 2.47. The molecule has 6 unspecified atom stereocenters. The van der Waals surface area contributed by atoms with Gasteiger partial charge in [-0.05, 0) is 25.7 Å². The predicted octanol–water partition coefficient (Wildman–Crippen LogP) is 7.50. The van der Waals surface area contributed by atoms with Crippen LogP contribution in [0.5, 0.6) is 0 Å². The molecule has 0 saturated heterocycles. The van der Waals surface area contributed by atoms with Gasteiger partial charge in [0.25, 0.3) is 0 Å². The van der Waals surface area contributed by atoms with Crippen LogP contribution in [0.25, 0.3) is 0 Å². The smallest absolute Gasteiger partial charge is 0.462 e. The lowest BCUT2D eigenvalue weighted by atomic mass is 9.85. The van der Waals surface area contributed by atoms with Crippen LogP contribution >= 0.6 is 7.82 Å². The molecule has 1 aliphatic rings. The monoisotopic (exact) mass is 809 g/mol. The largest absolute Gasteiger partial charge is 0.472 e. The van der Waals surface area contributed by atoms with E-state index in [4.69, 9.17) is 18.5 Å². The van der Waals surface area contributed by atoms with Gasteiger partial charge in [0.2, 0.25) is 0 Å². The molecule has 55 heavy (non-hydrogen) atoms. The Morgan fingerprint density at radius 2 is 0.964 bits per heavy atom. The van der Waals surface area contributed by atoms with Crippen molar-refractivity contribution in [3.63, 3.8) is 0 Å². The molecule has 0 aliphatic heterocycles. The maximum atomic E-state index is 12.8. The number of esters is 2. The van der Waals surface area contributed by atoms with Crippen LogP contribution in [-0.4, -0.2) is 98.3 Å². The summed E-state index contributed by atoms with van der Waals surface area (Å²) < 4.78 is 33.4. The second kappa shape index (κ2) is 32.5. The maximum Gasteiger partial charge on any atom is 0.472 e. The number of carbonyl (C=O) groups excluding carboxylic acids is 2. The Kier molecular flexibility index (Phi) is 30.5. The second-order valence-corrected chi connectivity index (χ2v) is 16.6. The minimum Gasteiger partial charge on any atom is -0.462 e. The standard InChI is InChI=1S/C41H77O13P/c1-3-5-7-9-11-13-15-16-17-18-20-21-23-25-27-29-34(42)51-31-33(53-35(43)30-28-26-24-22-19-14-12-10-8-6-4-2)32-52-55(49,50)54-41-39(47)37(45)36(44)38(46)40(41)48/h23,25,33,36-41,44-48H,3-22,24,26-32H2,1-2H3,(H,49,50)/b25-23+/t33-,36?,37-,38?,39?,40?,41?/m1/s1. The summed E-state index contributed by atoms with van der Waals surface area (Å²) in [5, 5.41) is 50.0. The lowest BCUT2D eigenvalue weighted by Gasteiger charge is -2.41. The number of hydrogen-bond donors (Lipinski definition) is 6. The van der Waals surface area contributed by atoms with Gasteiger partial charge in [-0.15, -0.1) is 0 Å². The molecule has 8 atom stereocenters. The van der Waals surface area contributed by atoms with Gasteiger partial charge in [-0.3, -0.25) is 18.6 Å². The van der Waals surface area contributed by atoms with Crippen molar-refractivity contribution in [3.8, 4) is 0 Å². The maximum absolute atomic E-state index is 12.8. The minimum atomic E-state index is -5.11. The van der Waals surface area contributed by atoms with Crippen LogP contribution in [-0.2, 0) is 32.7 Å². The Morgan fingerprint density at radius 3 is 1.45 bits per heavy atom. The molecule has 6 N–H and O–H groups in total. The Morgan fingerprint density at radius 1 is 0.545 bits per heavy atom. The minimum absolute atomic E-state index is 0.0879. The van der Waals surface area contributed by atoms with Crippen LogP contribution in [0.1, 0.15) is 181 Å². The summed E-state index contributed by atoms with van der Waals surface area (Å²) in [4.78, 5) is 35.5. The number of carbonyl (C=O) groups is 2. The molecule has 0 heterocycles. The number of allylic oxidation sites excluding steroid dienone is 2. The quantitative estimate of drug-likeness (QED) is 0.0159. The average molecular weight is 809 g/mol. The number of unbranched alkanes of at least 4 members (excludes halogenated alkanes) is 21. The first-order chi connectivity index (χ1) is 26.4. The van der Waals surface area contributed by atoms with Crippen molar-refractivity contribution < 1.29 is 63.1 Å². The summed E-state index contributed by atoms with van der Waals surface area (Å²) in [6.07, 6.45) is 18.7. The molecule has 0 amide bonds. The molecule has 1 saturated carbocycles. The molecule has 0 bridgehead atoms. The van der Waals surface area contributed by atoms with E-state index in [2.05, 4.69) is 19.9 Å². The molecule has 0 aromatic rings. The number of aliphatic hydroxyl groups excluding tert-OH is 5. The van der Waals surface area contributed by atoms with E-state index in [-0.39, 0.29) is 12.8 Å². The zero-order valence-corrected chi connectivity index (χ0v) is 34.9. The third-order valence-electron chi connectivity index (χ3n) is 10.1. The van der Waals surface area contributed by atoms with Crippen molar-refractivity contribution in [1.29, 1.82) is 0 Å². The molecule has 1 rings (SSSR count). The van der Waals surface area contributed by atoms with Crippen molar-refractivity contribution in [3.05, 3.63) is 12.2 Å².